The van der Waals surface area contributed by atoms with Crippen LogP contribution < -0.4 is 4.90 Å². The molecule has 0 radical (unpaired) electrons. The van der Waals surface area contributed by atoms with Crippen molar-refractivity contribution in [3.63, 3.8) is 0 Å². The van der Waals surface area contributed by atoms with E-state index in [1.165, 1.54) is 30.1 Å². The molecule has 0 bridgehead atoms. The predicted octanol–water partition coefficient (Wildman–Crippen LogP) is 3.51. The molecule has 3 aromatic rings. The molecule has 0 fully saturated rings. The highest BCUT2D eigenvalue weighted by atomic mass is 32.2. The molecule has 1 amide bonds. The first-order chi connectivity index (χ1) is 12.8. The smallest absolute Gasteiger partial charge is 0.329 e. The van der Waals surface area contributed by atoms with Crippen molar-refractivity contribution in [1.29, 1.82) is 0 Å². The van der Waals surface area contributed by atoms with Crippen LogP contribution in [-0.4, -0.2) is 27.3 Å². The molecule has 0 aliphatic carbocycles. The van der Waals surface area contributed by atoms with E-state index in [1.807, 2.05) is 0 Å². The van der Waals surface area contributed by atoms with Crippen LogP contribution in [0.15, 0.2) is 56.8 Å². The molecule has 1 aromatic heterocycles. The van der Waals surface area contributed by atoms with Crippen LogP contribution in [0.5, 0.6) is 0 Å². The molecule has 1 atom stereocenters. The zero-order valence-electron chi connectivity index (χ0n) is 13.6. The number of halogens is 3. The van der Waals surface area contributed by atoms with Gasteiger partial charge >= 0.3 is 12.1 Å². The summed E-state index contributed by atoms with van der Waals surface area (Å²) in [6, 6.07) is 10.8. The van der Waals surface area contributed by atoms with E-state index in [9.17, 15) is 22.2 Å². The SMILES string of the molecule is CN1C(=O)c2ccccc2S(=O)c2cc(-c3noc(C(F)(F)F)n3)ccc21. The number of carbonyl (C=O) groups is 1. The van der Waals surface area contributed by atoms with Gasteiger partial charge in [0.2, 0.25) is 5.82 Å². The lowest BCUT2D eigenvalue weighted by atomic mass is 10.1. The van der Waals surface area contributed by atoms with E-state index in [0.29, 0.717) is 16.1 Å². The van der Waals surface area contributed by atoms with Crippen LogP contribution in [0.3, 0.4) is 0 Å². The minimum atomic E-state index is -4.76. The molecule has 0 spiro atoms. The molecule has 1 unspecified atom stereocenters. The average Bonchev–Trinajstić information content (AvgIpc) is 3.14. The maximum atomic E-state index is 13.1. The third-order valence-corrected chi connectivity index (χ3v) is 5.55. The number of anilines is 1. The Bertz CT molecular complexity index is 1090. The normalized spacial score (nSPS) is 16.7. The number of carbonyl (C=O) groups excluding carboxylic acids is 1. The highest BCUT2D eigenvalue weighted by Gasteiger charge is 2.38. The summed E-state index contributed by atoms with van der Waals surface area (Å²) in [6.07, 6.45) is -4.76. The highest BCUT2D eigenvalue weighted by Crippen LogP contribution is 2.36. The summed E-state index contributed by atoms with van der Waals surface area (Å²) in [7, 11) is -0.176. The summed E-state index contributed by atoms with van der Waals surface area (Å²) >= 11 is 0. The molecule has 0 saturated heterocycles. The topological polar surface area (TPSA) is 76.3 Å². The summed E-state index contributed by atoms with van der Waals surface area (Å²) in [6.45, 7) is 0. The highest BCUT2D eigenvalue weighted by molar-refractivity contribution is 7.85. The Morgan fingerprint density at radius 2 is 1.85 bits per heavy atom. The van der Waals surface area contributed by atoms with E-state index in [1.54, 1.807) is 24.3 Å². The summed E-state index contributed by atoms with van der Waals surface area (Å²) in [5.41, 5.74) is 0.884. The first-order valence-electron chi connectivity index (χ1n) is 7.61. The van der Waals surface area contributed by atoms with Gasteiger partial charge in [-0.2, -0.15) is 18.2 Å². The van der Waals surface area contributed by atoms with Gasteiger partial charge in [0.15, 0.2) is 0 Å². The summed E-state index contributed by atoms with van der Waals surface area (Å²) in [5, 5.41) is 3.34. The molecule has 4 rings (SSSR count). The third kappa shape index (κ3) is 2.81. The lowest BCUT2D eigenvalue weighted by molar-refractivity contribution is -0.159. The minimum absolute atomic E-state index is 0.196. The van der Waals surface area contributed by atoms with Gasteiger partial charge in [-0.25, -0.2) is 4.21 Å². The Kier molecular flexibility index (Phi) is 3.88. The van der Waals surface area contributed by atoms with Gasteiger partial charge in [-0.15, -0.1) is 0 Å². The summed E-state index contributed by atoms with van der Waals surface area (Å²) in [4.78, 5) is 17.9. The van der Waals surface area contributed by atoms with Gasteiger partial charge in [-0.05, 0) is 30.3 Å². The van der Waals surface area contributed by atoms with E-state index in [2.05, 4.69) is 14.7 Å². The maximum absolute atomic E-state index is 13.1. The zero-order valence-corrected chi connectivity index (χ0v) is 14.5. The van der Waals surface area contributed by atoms with Gasteiger partial charge in [0.25, 0.3) is 5.91 Å². The Balaban J connectivity index is 1.86. The van der Waals surface area contributed by atoms with E-state index >= 15 is 0 Å². The lowest BCUT2D eigenvalue weighted by Gasteiger charge is -2.17. The second-order valence-corrected chi connectivity index (χ2v) is 7.15. The number of fused-ring (bicyclic) bond motifs is 2. The fraction of sp³-hybridized carbons (Fsp3) is 0.118. The molecular weight excluding hydrogens is 383 g/mol. The average molecular weight is 393 g/mol. The second kappa shape index (κ2) is 6.02. The fourth-order valence-electron chi connectivity index (χ4n) is 2.75. The van der Waals surface area contributed by atoms with Crippen LogP contribution in [0.25, 0.3) is 11.4 Å². The molecule has 1 aliphatic rings. The molecule has 0 saturated carbocycles. The standard InChI is InChI=1S/C17H10F3N3O3S/c1-23-11-7-6-9(14-21-16(26-22-14)17(18,19)20)8-13(11)27(25)12-5-3-2-4-10(12)15(23)24/h2-8H,1H3. The predicted molar refractivity (Wildman–Crippen MR) is 88.6 cm³/mol. The number of aromatic nitrogens is 2. The molecule has 6 nitrogen and oxygen atoms in total. The fourth-order valence-corrected chi connectivity index (χ4v) is 4.17. The molecule has 0 N–H and O–H groups in total. The number of hydrogen-bond donors (Lipinski definition) is 0. The molecule has 2 heterocycles. The Morgan fingerprint density at radius 1 is 1.11 bits per heavy atom. The summed E-state index contributed by atoms with van der Waals surface area (Å²) in [5.74, 6) is -2.08. The Hall–Kier alpha value is -3.01. The van der Waals surface area contributed by atoms with Crippen molar-refractivity contribution in [2.45, 2.75) is 16.0 Å². The monoisotopic (exact) mass is 393 g/mol. The number of nitrogens with zero attached hydrogens (tertiary/aromatic N) is 3. The van der Waals surface area contributed by atoms with Crippen LogP contribution in [-0.2, 0) is 17.0 Å². The lowest BCUT2D eigenvalue weighted by Crippen LogP contribution is -2.25. The van der Waals surface area contributed by atoms with Crippen molar-refractivity contribution in [3.05, 3.63) is 53.9 Å². The van der Waals surface area contributed by atoms with Crippen LogP contribution >= 0.6 is 0 Å². The van der Waals surface area contributed by atoms with Gasteiger partial charge in [0.1, 0.15) is 0 Å². The first kappa shape index (κ1) is 17.4. The number of hydrogen-bond acceptors (Lipinski definition) is 5. The van der Waals surface area contributed by atoms with Crippen LogP contribution in [0.4, 0.5) is 18.9 Å². The largest absolute Gasteiger partial charge is 0.471 e. The van der Waals surface area contributed by atoms with Crippen LogP contribution in [0, 0.1) is 0 Å². The van der Waals surface area contributed by atoms with Crippen molar-refractivity contribution in [3.8, 4) is 11.4 Å². The third-order valence-electron chi connectivity index (χ3n) is 4.07. The van der Waals surface area contributed by atoms with E-state index < -0.39 is 22.9 Å². The van der Waals surface area contributed by atoms with Crippen molar-refractivity contribution in [1.82, 2.24) is 10.1 Å². The number of rotatable bonds is 1. The molecular formula is C17H10F3N3O3S. The van der Waals surface area contributed by atoms with Gasteiger partial charge in [0.05, 0.1) is 31.8 Å². The van der Waals surface area contributed by atoms with Crippen molar-refractivity contribution < 1.29 is 26.7 Å². The van der Waals surface area contributed by atoms with Gasteiger partial charge in [0, 0.05) is 12.6 Å². The molecule has 138 valence electrons. The van der Waals surface area contributed by atoms with Crippen molar-refractivity contribution in [2.75, 3.05) is 11.9 Å². The minimum Gasteiger partial charge on any atom is -0.329 e. The molecule has 10 heteroatoms. The summed E-state index contributed by atoms with van der Waals surface area (Å²) < 4.78 is 55.3. The van der Waals surface area contributed by atoms with Crippen LogP contribution in [0.1, 0.15) is 16.2 Å². The van der Waals surface area contributed by atoms with Gasteiger partial charge in [-0.3, -0.25) is 4.79 Å². The Labute approximate surface area is 153 Å². The van der Waals surface area contributed by atoms with E-state index in [-0.39, 0.29) is 22.2 Å². The van der Waals surface area contributed by atoms with E-state index in [0.717, 1.165) is 0 Å². The molecule has 27 heavy (non-hydrogen) atoms. The van der Waals surface area contributed by atoms with Crippen LogP contribution in [0.2, 0.25) is 0 Å². The van der Waals surface area contributed by atoms with Gasteiger partial charge < -0.3 is 9.42 Å². The Morgan fingerprint density at radius 3 is 2.56 bits per heavy atom. The van der Waals surface area contributed by atoms with Crippen molar-refractivity contribution in [2.24, 2.45) is 0 Å². The number of alkyl halides is 3. The maximum Gasteiger partial charge on any atom is 0.471 e. The second-order valence-electron chi connectivity index (χ2n) is 5.73. The molecule has 2 aromatic carbocycles. The molecule has 1 aliphatic heterocycles. The first-order valence-corrected chi connectivity index (χ1v) is 8.76. The number of benzene rings is 2. The van der Waals surface area contributed by atoms with E-state index in [4.69, 9.17) is 0 Å². The van der Waals surface area contributed by atoms with Crippen molar-refractivity contribution >= 4 is 22.4 Å². The zero-order chi connectivity index (χ0) is 19.3. The quantitative estimate of drug-likeness (QED) is 0.632. The van der Waals surface area contributed by atoms with Gasteiger partial charge in [-0.1, -0.05) is 17.3 Å². The number of amides is 1.